The van der Waals surface area contributed by atoms with Crippen molar-refractivity contribution < 1.29 is 27.2 Å². The van der Waals surface area contributed by atoms with Crippen molar-refractivity contribution in [2.45, 2.75) is 31.2 Å². The van der Waals surface area contributed by atoms with E-state index in [2.05, 4.69) is 20.9 Å². The summed E-state index contributed by atoms with van der Waals surface area (Å²) in [4.78, 5) is 27.7. The van der Waals surface area contributed by atoms with Gasteiger partial charge in [-0.3, -0.25) is 9.59 Å². The zero-order valence-corrected chi connectivity index (χ0v) is 12.7. The van der Waals surface area contributed by atoms with Gasteiger partial charge in [0.25, 0.3) is 0 Å². The van der Waals surface area contributed by atoms with E-state index in [4.69, 9.17) is 0 Å². The molecular formula is C13H11BrF4N2O2. The number of halogens is 5. The van der Waals surface area contributed by atoms with Crippen LogP contribution in [0.4, 0.5) is 17.6 Å². The van der Waals surface area contributed by atoms with E-state index >= 15 is 0 Å². The van der Waals surface area contributed by atoms with E-state index in [1.807, 2.05) is 0 Å². The minimum atomic E-state index is -5.13. The highest BCUT2D eigenvalue weighted by Gasteiger charge is 2.49. The molecule has 1 aromatic rings. The highest BCUT2D eigenvalue weighted by atomic mass is 79.9. The minimum absolute atomic E-state index is 0.265. The summed E-state index contributed by atoms with van der Waals surface area (Å²) in [6.07, 6.45) is -7.46. The Morgan fingerprint density at radius 1 is 1.36 bits per heavy atom. The summed E-state index contributed by atoms with van der Waals surface area (Å²) >= 11 is 3.11. The zero-order chi connectivity index (χ0) is 16.5. The third-order valence-corrected chi connectivity index (χ3v) is 3.69. The number of alkyl halides is 4. The number of pyridine rings is 1. The Labute approximate surface area is 131 Å². The molecule has 1 aliphatic rings. The smallest absolute Gasteiger partial charge is 0.322 e. The van der Waals surface area contributed by atoms with Gasteiger partial charge in [0.15, 0.2) is 5.78 Å². The molecule has 0 radical (unpaired) electrons. The number of amides is 1. The molecule has 0 saturated carbocycles. The molecule has 0 aliphatic carbocycles. The van der Waals surface area contributed by atoms with Crippen LogP contribution < -0.4 is 0 Å². The molecule has 120 valence electrons. The van der Waals surface area contributed by atoms with Crippen molar-refractivity contribution in [3.05, 3.63) is 28.5 Å². The fraction of sp³-hybridized carbons (Fsp3) is 0.462. The van der Waals surface area contributed by atoms with E-state index in [1.54, 1.807) is 12.1 Å². The Balaban J connectivity index is 2.14. The first-order valence-corrected chi connectivity index (χ1v) is 7.14. The molecule has 1 aromatic heterocycles. The van der Waals surface area contributed by atoms with E-state index in [-0.39, 0.29) is 11.3 Å². The molecule has 0 N–H and O–H groups in total. The summed E-state index contributed by atoms with van der Waals surface area (Å²) in [5.74, 6) is -2.85. The van der Waals surface area contributed by atoms with Crippen molar-refractivity contribution in [3.8, 4) is 0 Å². The molecule has 2 atom stereocenters. The number of nitrogens with zero attached hydrogens (tertiary/aromatic N) is 2. The first-order valence-electron chi connectivity index (χ1n) is 6.34. The molecule has 0 bridgehead atoms. The van der Waals surface area contributed by atoms with Crippen LogP contribution in [-0.2, 0) is 16.0 Å². The normalized spacial score (nSPS) is 22.0. The highest BCUT2D eigenvalue weighted by molar-refractivity contribution is 9.10. The number of hydrogen-bond donors (Lipinski definition) is 0. The molecular weight excluding hydrogens is 372 g/mol. The van der Waals surface area contributed by atoms with Crippen LogP contribution in [0.15, 0.2) is 22.8 Å². The van der Waals surface area contributed by atoms with E-state index in [0.29, 0.717) is 10.3 Å². The lowest BCUT2D eigenvalue weighted by atomic mass is 10.0. The van der Waals surface area contributed by atoms with E-state index < -0.39 is 43.0 Å². The summed E-state index contributed by atoms with van der Waals surface area (Å²) in [5.41, 5.74) is 0.334. The Morgan fingerprint density at radius 3 is 2.64 bits per heavy atom. The number of likely N-dealkylation sites (tertiary alicyclic amines) is 1. The molecule has 1 fully saturated rings. The predicted molar refractivity (Wildman–Crippen MR) is 71.7 cm³/mol. The lowest BCUT2D eigenvalue weighted by molar-refractivity contribution is -0.186. The first kappa shape index (κ1) is 16.9. The van der Waals surface area contributed by atoms with Gasteiger partial charge in [-0.15, -0.1) is 0 Å². The lowest BCUT2D eigenvalue weighted by Crippen LogP contribution is -2.47. The van der Waals surface area contributed by atoms with Crippen molar-refractivity contribution in [2.75, 3.05) is 6.54 Å². The quantitative estimate of drug-likeness (QED) is 0.595. The predicted octanol–water partition coefficient (Wildman–Crippen LogP) is 2.46. The van der Waals surface area contributed by atoms with Gasteiger partial charge in [0.05, 0.1) is 19.0 Å². The Hall–Kier alpha value is -1.51. The summed E-state index contributed by atoms with van der Waals surface area (Å²) in [5, 5.41) is 0. The van der Waals surface area contributed by atoms with Crippen LogP contribution in [0.25, 0.3) is 0 Å². The monoisotopic (exact) mass is 382 g/mol. The van der Waals surface area contributed by atoms with Crippen LogP contribution in [0.5, 0.6) is 0 Å². The van der Waals surface area contributed by atoms with Crippen molar-refractivity contribution >= 4 is 27.6 Å². The van der Waals surface area contributed by atoms with Crippen LogP contribution >= 0.6 is 15.9 Å². The van der Waals surface area contributed by atoms with Crippen LogP contribution in [0.2, 0.25) is 0 Å². The molecule has 0 unspecified atom stereocenters. The third kappa shape index (κ3) is 3.82. The van der Waals surface area contributed by atoms with Crippen molar-refractivity contribution in [1.29, 1.82) is 0 Å². The topological polar surface area (TPSA) is 50.3 Å². The summed E-state index contributed by atoms with van der Waals surface area (Å²) in [7, 11) is 0. The van der Waals surface area contributed by atoms with Crippen LogP contribution in [-0.4, -0.2) is 46.5 Å². The zero-order valence-electron chi connectivity index (χ0n) is 11.1. The van der Waals surface area contributed by atoms with Gasteiger partial charge >= 0.3 is 12.1 Å². The van der Waals surface area contributed by atoms with Crippen LogP contribution in [0.1, 0.15) is 12.1 Å². The molecule has 2 rings (SSSR count). The molecule has 1 saturated heterocycles. The molecule has 1 aliphatic heterocycles. The van der Waals surface area contributed by atoms with E-state index in [0.717, 1.165) is 0 Å². The number of aromatic nitrogens is 1. The number of rotatable bonds is 3. The van der Waals surface area contributed by atoms with Gasteiger partial charge in [-0.25, -0.2) is 9.37 Å². The molecule has 22 heavy (non-hydrogen) atoms. The summed E-state index contributed by atoms with van der Waals surface area (Å²) in [6, 6.07) is 3.36. The highest BCUT2D eigenvalue weighted by Crippen LogP contribution is 2.28. The number of Topliss-reactive ketones (excluding diaryl/α,β-unsaturated/α-hetero) is 1. The summed E-state index contributed by atoms with van der Waals surface area (Å²) < 4.78 is 51.4. The van der Waals surface area contributed by atoms with E-state index in [1.165, 1.54) is 6.07 Å². The molecule has 4 nitrogen and oxygen atoms in total. The molecule has 2 heterocycles. The van der Waals surface area contributed by atoms with Gasteiger partial charge in [0.2, 0.25) is 0 Å². The minimum Gasteiger partial charge on any atom is -0.322 e. The fourth-order valence-corrected chi connectivity index (χ4v) is 2.70. The SMILES string of the molecule is O=C(Cc1cccc(Br)n1)[C@@H]1C[C@@H](F)CN1C(=O)C(F)(F)F. The summed E-state index contributed by atoms with van der Waals surface area (Å²) in [6.45, 7) is -0.722. The molecule has 9 heteroatoms. The van der Waals surface area contributed by atoms with Gasteiger partial charge in [-0.2, -0.15) is 13.2 Å². The number of carbonyl (C=O) groups is 2. The van der Waals surface area contributed by atoms with Crippen LogP contribution in [0, 0.1) is 0 Å². The number of carbonyl (C=O) groups excluding carboxylic acids is 2. The van der Waals surface area contributed by atoms with Gasteiger partial charge in [0.1, 0.15) is 10.8 Å². The maximum atomic E-state index is 13.4. The third-order valence-electron chi connectivity index (χ3n) is 3.25. The fourth-order valence-electron chi connectivity index (χ4n) is 2.32. The van der Waals surface area contributed by atoms with Crippen molar-refractivity contribution in [2.24, 2.45) is 0 Å². The second kappa shape index (κ2) is 6.31. The second-order valence-electron chi connectivity index (χ2n) is 4.90. The Bertz CT molecular complexity index is 594. The van der Waals surface area contributed by atoms with Crippen LogP contribution in [0.3, 0.4) is 0 Å². The standard InChI is InChI=1S/C13H11BrF4N2O2/c14-11-3-1-2-8(19-11)5-10(21)9-4-7(15)6-20(9)12(22)13(16,17)18/h1-3,7,9H,4-6H2/t7-,9+/m1/s1. The van der Waals surface area contributed by atoms with E-state index in [9.17, 15) is 27.2 Å². The molecule has 1 amide bonds. The number of hydrogen-bond acceptors (Lipinski definition) is 3. The average Bonchev–Trinajstić information content (AvgIpc) is 2.78. The van der Waals surface area contributed by atoms with Crippen molar-refractivity contribution in [3.63, 3.8) is 0 Å². The lowest BCUT2D eigenvalue weighted by Gasteiger charge is -2.24. The Kier molecular flexibility index (Phi) is 4.84. The maximum absolute atomic E-state index is 13.4. The Morgan fingerprint density at radius 2 is 2.05 bits per heavy atom. The van der Waals surface area contributed by atoms with Gasteiger partial charge in [0, 0.05) is 12.1 Å². The van der Waals surface area contributed by atoms with Gasteiger partial charge in [-0.05, 0) is 28.1 Å². The molecule has 0 spiro atoms. The first-order chi connectivity index (χ1) is 10.2. The number of ketones is 1. The van der Waals surface area contributed by atoms with Crippen molar-refractivity contribution in [1.82, 2.24) is 9.88 Å². The largest absolute Gasteiger partial charge is 0.471 e. The average molecular weight is 383 g/mol. The molecule has 0 aromatic carbocycles. The van der Waals surface area contributed by atoms with Gasteiger partial charge < -0.3 is 4.90 Å². The maximum Gasteiger partial charge on any atom is 0.471 e. The second-order valence-corrected chi connectivity index (χ2v) is 5.71. The van der Waals surface area contributed by atoms with Gasteiger partial charge in [-0.1, -0.05) is 6.07 Å².